The van der Waals surface area contributed by atoms with Crippen LogP contribution in [-0.4, -0.2) is 54.9 Å². The molecule has 4 rings (SSSR count). The number of methoxy groups -OCH3 is 1. The van der Waals surface area contributed by atoms with Gasteiger partial charge in [-0.25, -0.2) is 9.97 Å². The Balaban J connectivity index is 1.31. The van der Waals surface area contributed by atoms with Gasteiger partial charge in [0, 0.05) is 49.8 Å². The second-order valence-electron chi connectivity index (χ2n) is 8.03. The van der Waals surface area contributed by atoms with Crippen molar-refractivity contribution in [2.24, 2.45) is 0 Å². The number of nitrogens with one attached hydrogen (secondary N) is 1. The smallest absolute Gasteiger partial charge is 0.234 e. The Morgan fingerprint density at radius 3 is 2.61 bits per heavy atom. The lowest BCUT2D eigenvalue weighted by atomic mass is 10.1. The van der Waals surface area contributed by atoms with E-state index in [1.165, 1.54) is 23.0 Å². The molecule has 1 fully saturated rings. The average molecular weight is 464 g/mol. The zero-order chi connectivity index (χ0) is 23.2. The Hall–Kier alpha value is -3.26. The van der Waals surface area contributed by atoms with E-state index in [1.807, 2.05) is 44.2 Å². The van der Waals surface area contributed by atoms with E-state index in [4.69, 9.17) is 4.74 Å². The van der Waals surface area contributed by atoms with E-state index in [2.05, 4.69) is 43.3 Å². The zero-order valence-corrected chi connectivity index (χ0v) is 20.1. The van der Waals surface area contributed by atoms with Crippen LogP contribution in [-0.2, 0) is 4.79 Å². The molecule has 0 spiro atoms. The molecule has 1 aliphatic heterocycles. The normalized spacial score (nSPS) is 13.7. The molecule has 172 valence electrons. The minimum atomic E-state index is -0.0622. The average Bonchev–Trinajstić information content (AvgIpc) is 2.85. The van der Waals surface area contributed by atoms with Crippen molar-refractivity contribution in [1.82, 2.24) is 9.97 Å². The monoisotopic (exact) mass is 463 g/mol. The second kappa shape index (κ2) is 10.6. The lowest BCUT2D eigenvalue weighted by Crippen LogP contribution is -2.46. The fourth-order valence-electron chi connectivity index (χ4n) is 3.85. The van der Waals surface area contributed by atoms with Gasteiger partial charge in [0.2, 0.25) is 5.91 Å². The molecule has 7 nitrogen and oxygen atoms in total. The van der Waals surface area contributed by atoms with Crippen LogP contribution < -0.4 is 19.9 Å². The molecular weight excluding hydrogens is 434 g/mol. The summed E-state index contributed by atoms with van der Waals surface area (Å²) < 4.78 is 5.35. The molecule has 0 radical (unpaired) electrons. The van der Waals surface area contributed by atoms with Crippen LogP contribution in [0.4, 0.5) is 17.2 Å². The molecule has 0 aliphatic carbocycles. The van der Waals surface area contributed by atoms with Crippen molar-refractivity contribution < 1.29 is 9.53 Å². The van der Waals surface area contributed by atoms with Crippen LogP contribution in [0.15, 0.2) is 59.9 Å². The van der Waals surface area contributed by atoms with E-state index in [1.54, 1.807) is 13.3 Å². The highest BCUT2D eigenvalue weighted by Crippen LogP contribution is 2.24. The fourth-order valence-corrected chi connectivity index (χ4v) is 4.47. The van der Waals surface area contributed by atoms with Gasteiger partial charge in [-0.1, -0.05) is 35.5 Å². The highest BCUT2D eigenvalue weighted by atomic mass is 32.2. The first-order valence-electron chi connectivity index (χ1n) is 11.0. The first-order valence-corrected chi connectivity index (χ1v) is 12.0. The van der Waals surface area contributed by atoms with Gasteiger partial charge in [0.15, 0.2) is 5.16 Å². The Morgan fingerprint density at radius 2 is 1.85 bits per heavy atom. The number of benzene rings is 2. The second-order valence-corrected chi connectivity index (χ2v) is 8.97. The van der Waals surface area contributed by atoms with Crippen molar-refractivity contribution in [3.8, 4) is 5.75 Å². The van der Waals surface area contributed by atoms with Gasteiger partial charge in [-0.05, 0) is 43.7 Å². The van der Waals surface area contributed by atoms with Crippen LogP contribution in [0.1, 0.15) is 11.1 Å². The predicted molar refractivity (Wildman–Crippen MR) is 135 cm³/mol. The third-order valence-electron chi connectivity index (χ3n) is 5.63. The molecule has 1 aliphatic rings. The van der Waals surface area contributed by atoms with E-state index in [0.29, 0.717) is 5.16 Å². The zero-order valence-electron chi connectivity index (χ0n) is 19.2. The Morgan fingerprint density at radius 1 is 1.06 bits per heavy atom. The van der Waals surface area contributed by atoms with Crippen molar-refractivity contribution in [3.05, 3.63) is 65.9 Å². The molecule has 0 unspecified atom stereocenters. The number of carbonyl (C=O) groups is 1. The summed E-state index contributed by atoms with van der Waals surface area (Å²) in [6.07, 6.45) is 1.77. The van der Waals surface area contributed by atoms with Crippen molar-refractivity contribution in [2.75, 3.05) is 54.2 Å². The summed E-state index contributed by atoms with van der Waals surface area (Å²) in [7, 11) is 1.69. The van der Waals surface area contributed by atoms with Gasteiger partial charge in [0.1, 0.15) is 11.6 Å². The molecule has 2 heterocycles. The number of carbonyl (C=O) groups excluding carboxylic acids is 1. The van der Waals surface area contributed by atoms with Crippen LogP contribution in [0, 0.1) is 13.8 Å². The third-order valence-corrected chi connectivity index (χ3v) is 6.49. The molecule has 1 N–H and O–H groups in total. The van der Waals surface area contributed by atoms with Crippen LogP contribution in [0.3, 0.4) is 0 Å². The number of ether oxygens (including phenoxy) is 1. The maximum Gasteiger partial charge on any atom is 0.234 e. The molecule has 0 saturated carbocycles. The van der Waals surface area contributed by atoms with Crippen LogP contribution in [0.2, 0.25) is 0 Å². The first kappa shape index (κ1) is 22.9. The molecule has 8 heteroatoms. The quantitative estimate of drug-likeness (QED) is 0.417. The largest absolute Gasteiger partial charge is 0.497 e. The molecule has 2 aromatic carbocycles. The number of thioether (sulfide) groups is 1. The first-order chi connectivity index (χ1) is 16.0. The van der Waals surface area contributed by atoms with Crippen LogP contribution in [0.25, 0.3) is 0 Å². The summed E-state index contributed by atoms with van der Waals surface area (Å²) in [5.74, 6) is 1.97. The fraction of sp³-hybridized carbons (Fsp3) is 0.320. The highest BCUT2D eigenvalue weighted by molar-refractivity contribution is 7.99. The van der Waals surface area contributed by atoms with Crippen LogP contribution >= 0.6 is 11.8 Å². The number of aryl methyl sites for hydroxylation is 2. The van der Waals surface area contributed by atoms with Crippen molar-refractivity contribution in [1.29, 1.82) is 0 Å². The Kier molecular flexibility index (Phi) is 7.34. The lowest BCUT2D eigenvalue weighted by molar-refractivity contribution is -0.113. The summed E-state index contributed by atoms with van der Waals surface area (Å²) >= 11 is 1.35. The summed E-state index contributed by atoms with van der Waals surface area (Å²) in [5.41, 5.74) is 4.24. The molecule has 1 aromatic heterocycles. The number of anilines is 3. The summed E-state index contributed by atoms with van der Waals surface area (Å²) in [6.45, 7) is 7.57. The van der Waals surface area contributed by atoms with Gasteiger partial charge in [0.25, 0.3) is 0 Å². The highest BCUT2D eigenvalue weighted by Gasteiger charge is 2.19. The minimum absolute atomic E-state index is 0.0622. The number of piperazine rings is 1. The van der Waals surface area contributed by atoms with E-state index in [0.717, 1.165) is 49.0 Å². The van der Waals surface area contributed by atoms with Gasteiger partial charge in [-0.2, -0.15) is 0 Å². The number of nitrogens with zero attached hydrogens (tertiary/aromatic N) is 4. The number of rotatable bonds is 7. The number of aromatic nitrogens is 2. The summed E-state index contributed by atoms with van der Waals surface area (Å²) in [6, 6.07) is 16.1. The molecular formula is C25H29N5O2S. The number of hydrogen-bond donors (Lipinski definition) is 1. The van der Waals surface area contributed by atoms with Gasteiger partial charge in [-0.15, -0.1) is 0 Å². The van der Waals surface area contributed by atoms with Gasteiger partial charge < -0.3 is 19.9 Å². The number of amides is 1. The summed E-state index contributed by atoms with van der Waals surface area (Å²) in [5, 5.41) is 3.58. The van der Waals surface area contributed by atoms with Crippen molar-refractivity contribution in [2.45, 2.75) is 19.0 Å². The van der Waals surface area contributed by atoms with Crippen molar-refractivity contribution >= 4 is 34.9 Å². The van der Waals surface area contributed by atoms with Crippen LogP contribution in [0.5, 0.6) is 5.75 Å². The topological polar surface area (TPSA) is 70.6 Å². The molecule has 0 bridgehead atoms. The molecule has 0 atom stereocenters. The van der Waals surface area contributed by atoms with E-state index in [-0.39, 0.29) is 11.7 Å². The molecule has 33 heavy (non-hydrogen) atoms. The number of hydrogen-bond acceptors (Lipinski definition) is 7. The van der Waals surface area contributed by atoms with Gasteiger partial charge >= 0.3 is 0 Å². The maximum absolute atomic E-state index is 12.4. The third kappa shape index (κ3) is 5.96. The van der Waals surface area contributed by atoms with E-state index in [9.17, 15) is 4.79 Å². The van der Waals surface area contributed by atoms with Crippen molar-refractivity contribution in [3.63, 3.8) is 0 Å². The Labute approximate surface area is 199 Å². The molecule has 1 amide bonds. The molecule has 1 saturated heterocycles. The van der Waals surface area contributed by atoms with Gasteiger partial charge in [-0.3, -0.25) is 4.79 Å². The van der Waals surface area contributed by atoms with E-state index >= 15 is 0 Å². The van der Waals surface area contributed by atoms with E-state index < -0.39 is 0 Å². The van der Waals surface area contributed by atoms with Gasteiger partial charge in [0.05, 0.1) is 12.9 Å². The predicted octanol–water partition coefficient (Wildman–Crippen LogP) is 4.16. The standard InChI is InChI=1S/C25H29N5O2S/c1-18-7-8-22(19(2)15-18)27-24(31)17-33-25-26-10-9-23(28-25)30-13-11-29(12-14-30)20-5-4-6-21(16-20)32-3/h4-10,15-16H,11-14,17H2,1-3H3,(H,27,31). The molecule has 3 aromatic rings. The lowest BCUT2D eigenvalue weighted by Gasteiger charge is -2.36. The maximum atomic E-state index is 12.4. The summed E-state index contributed by atoms with van der Waals surface area (Å²) in [4.78, 5) is 26.1. The SMILES string of the molecule is COc1cccc(N2CCN(c3ccnc(SCC(=O)Nc4ccc(C)cc4C)n3)CC2)c1. The minimum Gasteiger partial charge on any atom is -0.497 e. The Bertz CT molecular complexity index is 1120.